The molecule has 0 bridgehead atoms. The third kappa shape index (κ3) is 6.11. The van der Waals surface area contributed by atoms with Crippen LogP contribution in [0.3, 0.4) is 0 Å². The van der Waals surface area contributed by atoms with Gasteiger partial charge in [-0.2, -0.15) is 5.10 Å². The van der Waals surface area contributed by atoms with E-state index < -0.39 is 0 Å². The lowest BCUT2D eigenvalue weighted by atomic mass is 10.0. The second-order valence-corrected chi connectivity index (χ2v) is 9.30. The molecule has 0 unspecified atom stereocenters. The van der Waals surface area contributed by atoms with Crippen LogP contribution < -0.4 is 5.43 Å². The number of benzene rings is 3. The van der Waals surface area contributed by atoms with Crippen molar-refractivity contribution < 1.29 is 4.79 Å². The third-order valence-corrected chi connectivity index (χ3v) is 6.59. The summed E-state index contributed by atoms with van der Waals surface area (Å²) in [6.07, 6.45) is 5.02. The Hall–Kier alpha value is -4.27. The average Bonchev–Trinajstić information content (AvgIpc) is 3.38. The highest BCUT2D eigenvalue weighted by atomic mass is 35.5. The highest BCUT2D eigenvalue weighted by molar-refractivity contribution is 7.99. The molecule has 0 atom stereocenters. The first-order valence-corrected chi connectivity index (χ1v) is 12.8. The van der Waals surface area contributed by atoms with Crippen LogP contribution in [0.25, 0.3) is 28.2 Å². The summed E-state index contributed by atoms with van der Waals surface area (Å²) in [4.78, 5) is 16.6. The van der Waals surface area contributed by atoms with Crippen molar-refractivity contribution in [1.82, 2.24) is 25.2 Å². The van der Waals surface area contributed by atoms with Gasteiger partial charge in [0.15, 0.2) is 11.0 Å². The van der Waals surface area contributed by atoms with E-state index in [2.05, 4.69) is 37.8 Å². The van der Waals surface area contributed by atoms with Gasteiger partial charge in [-0.05, 0) is 53.1 Å². The van der Waals surface area contributed by atoms with Crippen LogP contribution in [0, 0.1) is 0 Å². The number of thioether (sulfide) groups is 1. The van der Waals surface area contributed by atoms with Crippen LogP contribution in [0.5, 0.6) is 0 Å². The summed E-state index contributed by atoms with van der Waals surface area (Å²) in [5.74, 6) is 0.509. The Morgan fingerprint density at radius 3 is 2.30 bits per heavy atom. The first kappa shape index (κ1) is 24.4. The number of halogens is 1. The summed E-state index contributed by atoms with van der Waals surface area (Å²) in [6.45, 7) is 0. The zero-order chi connectivity index (χ0) is 25.5. The minimum atomic E-state index is -0.252. The number of nitrogens with one attached hydrogen (secondary N) is 1. The maximum Gasteiger partial charge on any atom is 0.250 e. The van der Waals surface area contributed by atoms with Crippen molar-refractivity contribution >= 4 is 35.5 Å². The van der Waals surface area contributed by atoms with Crippen LogP contribution in [0.1, 0.15) is 5.56 Å². The number of rotatable bonds is 8. The summed E-state index contributed by atoms with van der Waals surface area (Å²) in [5.41, 5.74) is 7.43. The van der Waals surface area contributed by atoms with Crippen molar-refractivity contribution in [1.29, 1.82) is 0 Å². The first-order valence-electron chi connectivity index (χ1n) is 11.4. The number of carbonyl (C=O) groups excluding carboxylic acids is 1. The molecule has 0 radical (unpaired) electrons. The number of nitrogens with zero attached hydrogens (tertiary/aromatic N) is 5. The lowest BCUT2D eigenvalue weighted by Gasteiger charge is -2.10. The summed E-state index contributed by atoms with van der Waals surface area (Å²) < 4.78 is 1.89. The Kier molecular flexibility index (Phi) is 7.69. The molecule has 1 amide bonds. The molecule has 182 valence electrons. The maximum absolute atomic E-state index is 12.5. The predicted molar refractivity (Wildman–Crippen MR) is 148 cm³/mol. The van der Waals surface area contributed by atoms with Gasteiger partial charge in [0.05, 0.1) is 12.0 Å². The molecule has 0 aliphatic heterocycles. The minimum absolute atomic E-state index is 0.117. The van der Waals surface area contributed by atoms with Gasteiger partial charge in [-0.25, -0.2) is 5.43 Å². The van der Waals surface area contributed by atoms with E-state index in [-0.39, 0.29) is 11.7 Å². The fraction of sp³-hybridized carbons (Fsp3) is 0.0357. The highest BCUT2D eigenvalue weighted by Gasteiger charge is 2.17. The lowest BCUT2D eigenvalue weighted by molar-refractivity contribution is -0.118. The van der Waals surface area contributed by atoms with E-state index in [1.165, 1.54) is 11.8 Å². The number of hydrogen-bond acceptors (Lipinski definition) is 6. The summed E-state index contributed by atoms with van der Waals surface area (Å²) >= 11 is 7.35. The Bertz CT molecular complexity index is 1500. The van der Waals surface area contributed by atoms with Gasteiger partial charge in [-0.3, -0.25) is 14.3 Å². The molecule has 1 N–H and O–H groups in total. The van der Waals surface area contributed by atoms with E-state index in [0.29, 0.717) is 16.0 Å². The van der Waals surface area contributed by atoms with Gasteiger partial charge in [0.2, 0.25) is 0 Å². The number of hydrazone groups is 1. The topological polar surface area (TPSA) is 85.1 Å². The smallest absolute Gasteiger partial charge is 0.250 e. The van der Waals surface area contributed by atoms with Gasteiger partial charge in [0.1, 0.15) is 0 Å². The van der Waals surface area contributed by atoms with E-state index in [4.69, 9.17) is 11.6 Å². The Morgan fingerprint density at radius 2 is 1.57 bits per heavy atom. The number of pyridine rings is 1. The lowest BCUT2D eigenvalue weighted by Crippen LogP contribution is -2.20. The first-order chi connectivity index (χ1) is 18.2. The molecule has 0 saturated heterocycles. The van der Waals surface area contributed by atoms with Gasteiger partial charge >= 0.3 is 0 Å². The normalized spacial score (nSPS) is 11.1. The van der Waals surface area contributed by atoms with Crippen LogP contribution in [-0.4, -0.2) is 37.6 Å². The molecule has 0 fully saturated rings. The molecule has 5 aromatic rings. The SMILES string of the molecule is O=C(CSc1nnc(-c2ccncc2)n1-c1ccc(Cl)cc1)N/N=C\c1ccc(-c2ccccc2)cc1. The van der Waals surface area contributed by atoms with Crippen molar-refractivity contribution in [3.8, 4) is 28.2 Å². The van der Waals surface area contributed by atoms with Gasteiger partial charge in [-0.15, -0.1) is 10.2 Å². The summed E-state index contributed by atoms with van der Waals surface area (Å²) in [6, 6.07) is 29.2. The quantitative estimate of drug-likeness (QED) is 0.155. The fourth-order valence-electron chi connectivity index (χ4n) is 3.61. The molecule has 0 saturated carbocycles. The number of amides is 1. The fourth-order valence-corrected chi connectivity index (χ4v) is 4.48. The minimum Gasteiger partial charge on any atom is -0.272 e. The molecule has 0 spiro atoms. The molecule has 2 aromatic heterocycles. The van der Waals surface area contributed by atoms with Crippen LogP contribution >= 0.6 is 23.4 Å². The van der Waals surface area contributed by atoms with Crippen LogP contribution in [0.2, 0.25) is 5.02 Å². The molecule has 0 aliphatic rings. The second kappa shape index (κ2) is 11.6. The van der Waals surface area contributed by atoms with Crippen molar-refractivity contribution in [2.45, 2.75) is 5.16 Å². The molecule has 9 heteroatoms. The van der Waals surface area contributed by atoms with E-state index in [0.717, 1.165) is 27.9 Å². The Labute approximate surface area is 223 Å². The van der Waals surface area contributed by atoms with Crippen LogP contribution in [0.4, 0.5) is 0 Å². The van der Waals surface area contributed by atoms with E-state index in [1.54, 1.807) is 30.7 Å². The maximum atomic E-state index is 12.5. The van der Waals surface area contributed by atoms with Gasteiger partial charge in [0, 0.05) is 28.7 Å². The van der Waals surface area contributed by atoms with E-state index in [1.807, 2.05) is 71.3 Å². The van der Waals surface area contributed by atoms with Crippen LogP contribution in [0.15, 0.2) is 114 Å². The summed E-state index contributed by atoms with van der Waals surface area (Å²) in [7, 11) is 0. The largest absolute Gasteiger partial charge is 0.272 e. The van der Waals surface area contributed by atoms with Crippen molar-refractivity contribution in [3.05, 3.63) is 114 Å². The zero-order valence-corrected chi connectivity index (χ0v) is 21.1. The number of carbonyl (C=O) groups is 1. The molecule has 5 rings (SSSR count). The van der Waals surface area contributed by atoms with E-state index in [9.17, 15) is 4.79 Å². The second-order valence-electron chi connectivity index (χ2n) is 7.92. The van der Waals surface area contributed by atoms with Crippen molar-refractivity contribution in [3.63, 3.8) is 0 Å². The zero-order valence-electron chi connectivity index (χ0n) is 19.5. The molecule has 0 aliphatic carbocycles. The molecule has 37 heavy (non-hydrogen) atoms. The molecule has 3 aromatic carbocycles. The van der Waals surface area contributed by atoms with Gasteiger partial charge in [0.25, 0.3) is 5.91 Å². The highest BCUT2D eigenvalue weighted by Crippen LogP contribution is 2.28. The molecular formula is C28H21ClN6OS. The predicted octanol–water partition coefficient (Wildman–Crippen LogP) is 5.89. The van der Waals surface area contributed by atoms with Gasteiger partial charge < -0.3 is 0 Å². The third-order valence-electron chi connectivity index (χ3n) is 5.41. The Morgan fingerprint density at radius 1 is 0.865 bits per heavy atom. The van der Waals surface area contributed by atoms with Crippen LogP contribution in [-0.2, 0) is 4.79 Å². The standard InChI is InChI=1S/C28H21ClN6OS/c29-24-10-12-25(13-11-24)35-27(23-14-16-30-17-15-23)33-34-28(35)37-19-26(36)32-31-18-20-6-8-22(9-7-20)21-4-2-1-3-5-21/h1-18H,19H2,(H,32,36)/b31-18-. The van der Waals surface area contributed by atoms with E-state index >= 15 is 0 Å². The molecule has 7 nitrogen and oxygen atoms in total. The number of aromatic nitrogens is 4. The number of hydrogen-bond donors (Lipinski definition) is 1. The van der Waals surface area contributed by atoms with Crippen molar-refractivity contribution in [2.24, 2.45) is 5.10 Å². The van der Waals surface area contributed by atoms with Gasteiger partial charge in [-0.1, -0.05) is 78.0 Å². The van der Waals surface area contributed by atoms with Crippen molar-refractivity contribution in [2.75, 3.05) is 5.75 Å². The molecular weight excluding hydrogens is 504 g/mol. The average molecular weight is 525 g/mol. The Balaban J connectivity index is 1.24. The molecule has 2 heterocycles. The summed E-state index contributed by atoms with van der Waals surface area (Å²) in [5, 5.41) is 14.0. The monoisotopic (exact) mass is 524 g/mol.